The number of ether oxygens (including phenoxy) is 1. The van der Waals surface area contributed by atoms with Crippen LogP contribution in [0.5, 0.6) is 0 Å². The van der Waals surface area contributed by atoms with Crippen LogP contribution in [0, 0.1) is 0 Å². The van der Waals surface area contributed by atoms with E-state index in [0.29, 0.717) is 13.2 Å². The SMILES string of the molecule is O=C1OCC2CCC(O)CN12. The monoisotopic (exact) mass is 157 g/mol. The Morgan fingerprint density at radius 2 is 2.36 bits per heavy atom. The van der Waals surface area contributed by atoms with Crippen LogP contribution in [0.25, 0.3) is 0 Å². The normalized spacial score (nSPS) is 36.8. The van der Waals surface area contributed by atoms with Crippen molar-refractivity contribution in [2.45, 2.75) is 25.0 Å². The molecule has 0 aromatic rings. The zero-order valence-corrected chi connectivity index (χ0v) is 6.19. The Hall–Kier alpha value is -0.770. The molecule has 2 aliphatic rings. The minimum absolute atomic E-state index is 0.228. The summed E-state index contributed by atoms with van der Waals surface area (Å²) in [6, 6.07) is 0.228. The van der Waals surface area contributed by atoms with Gasteiger partial charge < -0.3 is 9.84 Å². The molecule has 0 spiro atoms. The van der Waals surface area contributed by atoms with Gasteiger partial charge in [-0.2, -0.15) is 0 Å². The lowest BCUT2D eigenvalue weighted by atomic mass is 10.0. The molecule has 0 saturated carbocycles. The fourth-order valence-electron chi connectivity index (χ4n) is 1.66. The Morgan fingerprint density at radius 1 is 1.55 bits per heavy atom. The fraction of sp³-hybridized carbons (Fsp3) is 0.857. The van der Waals surface area contributed by atoms with Crippen LogP contribution in [0.4, 0.5) is 4.79 Å². The second kappa shape index (κ2) is 2.37. The van der Waals surface area contributed by atoms with Crippen LogP contribution in [0.1, 0.15) is 12.8 Å². The van der Waals surface area contributed by atoms with Gasteiger partial charge >= 0.3 is 6.09 Å². The summed E-state index contributed by atoms with van der Waals surface area (Å²) >= 11 is 0. The largest absolute Gasteiger partial charge is 0.447 e. The third-order valence-corrected chi connectivity index (χ3v) is 2.32. The van der Waals surface area contributed by atoms with Crippen LogP contribution >= 0.6 is 0 Å². The van der Waals surface area contributed by atoms with Crippen LogP contribution in [0.3, 0.4) is 0 Å². The van der Waals surface area contributed by atoms with E-state index in [9.17, 15) is 9.90 Å². The van der Waals surface area contributed by atoms with E-state index in [1.54, 1.807) is 4.90 Å². The number of nitrogens with zero attached hydrogens (tertiary/aromatic N) is 1. The molecule has 0 radical (unpaired) electrons. The average Bonchev–Trinajstić information content (AvgIpc) is 2.33. The fourth-order valence-corrected chi connectivity index (χ4v) is 1.66. The van der Waals surface area contributed by atoms with Crippen molar-refractivity contribution in [2.24, 2.45) is 0 Å². The number of carbonyl (C=O) groups excluding carboxylic acids is 1. The van der Waals surface area contributed by atoms with E-state index in [-0.39, 0.29) is 18.2 Å². The molecule has 2 unspecified atom stereocenters. The van der Waals surface area contributed by atoms with Crippen molar-refractivity contribution < 1.29 is 14.6 Å². The molecule has 2 heterocycles. The van der Waals surface area contributed by atoms with E-state index in [2.05, 4.69) is 0 Å². The van der Waals surface area contributed by atoms with Crippen LogP contribution in [0.2, 0.25) is 0 Å². The van der Waals surface area contributed by atoms with Crippen LogP contribution in [0.15, 0.2) is 0 Å². The molecule has 4 nitrogen and oxygen atoms in total. The van der Waals surface area contributed by atoms with Crippen molar-refractivity contribution in [1.29, 1.82) is 0 Å². The van der Waals surface area contributed by atoms with Gasteiger partial charge in [-0.15, -0.1) is 0 Å². The van der Waals surface area contributed by atoms with Crippen molar-refractivity contribution in [3.05, 3.63) is 0 Å². The Labute approximate surface area is 64.7 Å². The summed E-state index contributed by atoms with van der Waals surface area (Å²) < 4.78 is 4.82. The van der Waals surface area contributed by atoms with Gasteiger partial charge in [0.05, 0.1) is 18.7 Å². The summed E-state index contributed by atoms with van der Waals surface area (Å²) in [5.74, 6) is 0. The molecule has 62 valence electrons. The third-order valence-electron chi connectivity index (χ3n) is 2.32. The van der Waals surface area contributed by atoms with Crippen molar-refractivity contribution >= 4 is 6.09 Å². The van der Waals surface area contributed by atoms with Crippen LogP contribution in [-0.2, 0) is 4.74 Å². The molecule has 0 aliphatic carbocycles. The average molecular weight is 157 g/mol. The molecule has 2 aliphatic heterocycles. The maximum Gasteiger partial charge on any atom is 0.410 e. The number of amides is 1. The van der Waals surface area contributed by atoms with Crippen molar-refractivity contribution in [3.8, 4) is 0 Å². The predicted molar refractivity (Wildman–Crippen MR) is 37.1 cm³/mol. The zero-order chi connectivity index (χ0) is 7.84. The number of fused-ring (bicyclic) bond motifs is 1. The smallest absolute Gasteiger partial charge is 0.410 e. The highest BCUT2D eigenvalue weighted by atomic mass is 16.6. The Morgan fingerprint density at radius 3 is 3.18 bits per heavy atom. The molecule has 4 heteroatoms. The predicted octanol–water partition coefficient (Wildman–Crippen LogP) is -0.0381. The van der Waals surface area contributed by atoms with Gasteiger partial charge in [0.2, 0.25) is 0 Å². The quantitative estimate of drug-likeness (QED) is 0.537. The molecule has 0 aromatic heterocycles. The summed E-state index contributed by atoms with van der Waals surface area (Å²) in [6.07, 6.45) is 1.04. The summed E-state index contributed by atoms with van der Waals surface area (Å²) in [6.45, 7) is 0.953. The van der Waals surface area contributed by atoms with Gasteiger partial charge in [0.1, 0.15) is 6.61 Å². The minimum atomic E-state index is -0.350. The first-order chi connectivity index (χ1) is 5.27. The second-order valence-electron chi connectivity index (χ2n) is 3.11. The molecule has 1 amide bonds. The molecule has 11 heavy (non-hydrogen) atoms. The van der Waals surface area contributed by atoms with Crippen LogP contribution in [-0.4, -0.2) is 41.4 Å². The molecule has 2 atom stereocenters. The van der Waals surface area contributed by atoms with Gasteiger partial charge in [0.25, 0.3) is 0 Å². The number of aliphatic hydroxyl groups is 1. The van der Waals surface area contributed by atoms with Gasteiger partial charge in [0, 0.05) is 0 Å². The van der Waals surface area contributed by atoms with Gasteiger partial charge in [-0.1, -0.05) is 0 Å². The van der Waals surface area contributed by atoms with Gasteiger partial charge in [0.15, 0.2) is 0 Å². The lowest BCUT2D eigenvalue weighted by Crippen LogP contribution is -2.44. The Kier molecular flexibility index (Phi) is 1.49. The van der Waals surface area contributed by atoms with E-state index in [0.717, 1.165) is 12.8 Å². The zero-order valence-electron chi connectivity index (χ0n) is 6.19. The standard InChI is InChI=1S/C7H11NO3/c9-6-2-1-5-4-11-7(10)8(5)3-6/h5-6,9H,1-4H2. The van der Waals surface area contributed by atoms with E-state index >= 15 is 0 Å². The number of aliphatic hydroxyl groups excluding tert-OH is 1. The molecular formula is C7H11NO3. The van der Waals surface area contributed by atoms with Crippen molar-refractivity contribution in [3.63, 3.8) is 0 Å². The van der Waals surface area contributed by atoms with Crippen molar-refractivity contribution in [1.82, 2.24) is 4.90 Å². The molecular weight excluding hydrogens is 146 g/mol. The summed E-state index contributed by atoms with van der Waals surface area (Å²) in [4.78, 5) is 12.6. The first-order valence-electron chi connectivity index (χ1n) is 3.89. The van der Waals surface area contributed by atoms with Crippen molar-refractivity contribution in [2.75, 3.05) is 13.2 Å². The first-order valence-corrected chi connectivity index (χ1v) is 3.89. The minimum Gasteiger partial charge on any atom is -0.447 e. The van der Waals surface area contributed by atoms with E-state index in [1.807, 2.05) is 0 Å². The van der Waals surface area contributed by atoms with Gasteiger partial charge in [-0.25, -0.2) is 4.79 Å². The lowest BCUT2D eigenvalue weighted by Gasteiger charge is -2.29. The van der Waals surface area contributed by atoms with Crippen LogP contribution < -0.4 is 0 Å². The molecule has 0 aromatic carbocycles. The lowest BCUT2D eigenvalue weighted by molar-refractivity contribution is 0.0712. The first kappa shape index (κ1) is 6.91. The number of rotatable bonds is 0. The number of carbonyl (C=O) groups is 1. The topological polar surface area (TPSA) is 49.8 Å². The number of cyclic esters (lactones) is 1. The molecule has 1 N–H and O–H groups in total. The summed E-state index contributed by atoms with van der Waals surface area (Å²) in [5.41, 5.74) is 0. The number of hydrogen-bond donors (Lipinski definition) is 1. The highest BCUT2D eigenvalue weighted by Crippen LogP contribution is 2.23. The van der Waals surface area contributed by atoms with E-state index in [4.69, 9.17) is 4.74 Å². The summed E-state index contributed by atoms with van der Waals surface area (Å²) in [5, 5.41) is 9.22. The second-order valence-corrected chi connectivity index (χ2v) is 3.11. The maximum absolute atomic E-state index is 10.9. The summed E-state index contributed by atoms with van der Waals surface area (Å²) in [7, 11) is 0. The van der Waals surface area contributed by atoms with E-state index in [1.165, 1.54) is 0 Å². The van der Waals surface area contributed by atoms with Gasteiger partial charge in [-0.3, -0.25) is 4.90 Å². The number of hydrogen-bond acceptors (Lipinski definition) is 3. The number of piperidine rings is 1. The molecule has 2 saturated heterocycles. The maximum atomic E-state index is 10.9. The molecule has 2 rings (SSSR count). The molecule has 2 fully saturated rings. The Balaban J connectivity index is 2.07. The highest BCUT2D eigenvalue weighted by molar-refractivity contribution is 5.70. The third kappa shape index (κ3) is 1.07. The van der Waals surface area contributed by atoms with E-state index < -0.39 is 0 Å². The Bertz CT molecular complexity index is 183. The van der Waals surface area contributed by atoms with Gasteiger partial charge in [-0.05, 0) is 12.8 Å². The molecule has 0 bridgehead atoms. The highest BCUT2D eigenvalue weighted by Gasteiger charge is 2.37.